The van der Waals surface area contributed by atoms with Crippen molar-refractivity contribution in [3.8, 4) is 5.75 Å². The molecule has 1 fully saturated rings. The number of hydrogen-bond acceptors (Lipinski definition) is 5. The number of fused-ring (bicyclic) bond motifs is 1. The maximum atomic E-state index is 12.5. The number of alkyl halides is 1. The molecule has 0 spiro atoms. The smallest absolute Gasteiger partial charge is 0.256 e. The molecule has 0 unspecified atom stereocenters. The molecule has 0 bridgehead atoms. The number of carbonyl (C=O) groups is 1. The van der Waals surface area contributed by atoms with Crippen LogP contribution in [0.1, 0.15) is 28.8 Å². The van der Waals surface area contributed by atoms with E-state index in [9.17, 15) is 4.79 Å². The SMILES string of the molecule is O=C(NCc1ccc2ncoc2c1)c1cnccc1O[C@H](Cl)C1CC1. The standard InChI is InChI=1S/C18H16ClN3O3/c19-17(12-2-3-12)25-15-5-6-20-9-13(15)18(23)21-8-11-1-4-14-16(7-11)24-10-22-14/h1,4-7,9-10,12,17H,2-3,8H2,(H,21,23)/t17-/m0/s1. The molecule has 3 aromatic rings. The van der Waals surface area contributed by atoms with E-state index in [2.05, 4.69) is 15.3 Å². The highest BCUT2D eigenvalue weighted by atomic mass is 35.5. The molecule has 7 heteroatoms. The zero-order valence-corrected chi connectivity index (χ0v) is 14.1. The van der Waals surface area contributed by atoms with Gasteiger partial charge in [-0.1, -0.05) is 17.7 Å². The van der Waals surface area contributed by atoms with Gasteiger partial charge in [0.15, 0.2) is 17.5 Å². The maximum Gasteiger partial charge on any atom is 0.256 e. The molecule has 6 nitrogen and oxygen atoms in total. The molecule has 128 valence electrons. The second-order valence-electron chi connectivity index (χ2n) is 6.02. The van der Waals surface area contributed by atoms with Crippen LogP contribution in [0.3, 0.4) is 0 Å². The molecule has 1 saturated carbocycles. The van der Waals surface area contributed by atoms with E-state index in [4.69, 9.17) is 20.8 Å². The lowest BCUT2D eigenvalue weighted by Crippen LogP contribution is -2.24. The Kier molecular flexibility index (Phi) is 4.28. The molecule has 0 radical (unpaired) electrons. The zero-order valence-electron chi connectivity index (χ0n) is 13.3. The van der Waals surface area contributed by atoms with Gasteiger partial charge in [0.05, 0.1) is 5.56 Å². The molecule has 1 amide bonds. The summed E-state index contributed by atoms with van der Waals surface area (Å²) in [6.07, 6.45) is 6.59. The minimum Gasteiger partial charge on any atom is -0.473 e. The average molecular weight is 358 g/mol. The van der Waals surface area contributed by atoms with Gasteiger partial charge in [-0.15, -0.1) is 0 Å². The third-order valence-electron chi connectivity index (χ3n) is 4.11. The van der Waals surface area contributed by atoms with Gasteiger partial charge in [-0.2, -0.15) is 0 Å². The van der Waals surface area contributed by atoms with E-state index in [1.807, 2.05) is 18.2 Å². The molecule has 25 heavy (non-hydrogen) atoms. The van der Waals surface area contributed by atoms with Gasteiger partial charge in [0.1, 0.15) is 11.3 Å². The van der Waals surface area contributed by atoms with Gasteiger partial charge in [-0.3, -0.25) is 9.78 Å². The Hall–Kier alpha value is -2.60. The Morgan fingerprint density at radius 1 is 1.40 bits per heavy atom. The predicted molar refractivity (Wildman–Crippen MR) is 92.4 cm³/mol. The molecule has 1 aliphatic carbocycles. The van der Waals surface area contributed by atoms with Crippen LogP contribution in [0, 0.1) is 5.92 Å². The van der Waals surface area contributed by atoms with Crippen molar-refractivity contribution in [3.63, 3.8) is 0 Å². The van der Waals surface area contributed by atoms with E-state index in [1.165, 1.54) is 12.6 Å². The summed E-state index contributed by atoms with van der Waals surface area (Å²) in [5.41, 5.74) is 2.34. The van der Waals surface area contributed by atoms with Crippen molar-refractivity contribution in [2.45, 2.75) is 24.9 Å². The van der Waals surface area contributed by atoms with Crippen molar-refractivity contribution < 1.29 is 13.9 Å². The second-order valence-corrected chi connectivity index (χ2v) is 6.45. The highest BCUT2D eigenvalue weighted by Crippen LogP contribution is 2.37. The van der Waals surface area contributed by atoms with Crippen LogP contribution in [-0.2, 0) is 6.54 Å². The first-order valence-corrected chi connectivity index (χ1v) is 8.49. The molecule has 1 N–H and O–H groups in total. The van der Waals surface area contributed by atoms with Gasteiger partial charge >= 0.3 is 0 Å². The molecule has 1 aliphatic rings. The maximum absolute atomic E-state index is 12.5. The molecule has 1 atom stereocenters. The lowest BCUT2D eigenvalue weighted by Gasteiger charge is -2.15. The van der Waals surface area contributed by atoms with Crippen molar-refractivity contribution in [3.05, 3.63) is 54.2 Å². The first-order chi connectivity index (χ1) is 12.2. The minimum absolute atomic E-state index is 0.263. The van der Waals surface area contributed by atoms with E-state index in [0.717, 1.165) is 23.9 Å². The number of nitrogens with zero attached hydrogens (tertiary/aromatic N) is 2. The van der Waals surface area contributed by atoms with Crippen LogP contribution < -0.4 is 10.1 Å². The number of oxazole rings is 1. The molecule has 2 aromatic heterocycles. The third kappa shape index (κ3) is 3.58. The fraction of sp³-hybridized carbons (Fsp3) is 0.278. The number of rotatable bonds is 6. The second kappa shape index (κ2) is 6.72. The van der Waals surface area contributed by atoms with Gasteiger partial charge in [0.2, 0.25) is 0 Å². The number of amides is 1. The van der Waals surface area contributed by atoms with Crippen LogP contribution in [0.25, 0.3) is 11.1 Å². The molecule has 0 aliphatic heterocycles. The molecule has 2 heterocycles. The van der Waals surface area contributed by atoms with Crippen molar-refractivity contribution in [1.82, 2.24) is 15.3 Å². The number of carbonyl (C=O) groups excluding carboxylic acids is 1. The number of benzene rings is 1. The van der Waals surface area contributed by atoms with Crippen LogP contribution in [0.2, 0.25) is 0 Å². The fourth-order valence-corrected chi connectivity index (χ4v) is 2.87. The summed E-state index contributed by atoms with van der Waals surface area (Å²) < 4.78 is 11.0. The summed E-state index contributed by atoms with van der Waals surface area (Å²) in [5.74, 6) is 0.546. The molecular formula is C18H16ClN3O3. The normalized spacial score (nSPS) is 15.1. The van der Waals surface area contributed by atoms with E-state index in [0.29, 0.717) is 29.4 Å². The van der Waals surface area contributed by atoms with Crippen LogP contribution in [0.4, 0.5) is 0 Å². The Balaban J connectivity index is 1.45. The first kappa shape index (κ1) is 15.9. The van der Waals surface area contributed by atoms with E-state index in [1.54, 1.807) is 12.3 Å². The van der Waals surface area contributed by atoms with E-state index < -0.39 is 5.56 Å². The van der Waals surface area contributed by atoms with E-state index >= 15 is 0 Å². The number of ether oxygens (including phenoxy) is 1. The van der Waals surface area contributed by atoms with Crippen LogP contribution >= 0.6 is 11.6 Å². The Morgan fingerprint density at radius 2 is 2.28 bits per heavy atom. The quantitative estimate of drug-likeness (QED) is 0.683. The largest absolute Gasteiger partial charge is 0.473 e. The fourth-order valence-electron chi connectivity index (χ4n) is 2.52. The van der Waals surface area contributed by atoms with Crippen LogP contribution in [-0.4, -0.2) is 21.4 Å². The summed E-state index contributed by atoms with van der Waals surface area (Å²) in [6, 6.07) is 7.26. The average Bonchev–Trinajstić information content (AvgIpc) is 3.38. The van der Waals surface area contributed by atoms with Crippen LogP contribution in [0.5, 0.6) is 5.75 Å². The van der Waals surface area contributed by atoms with E-state index in [-0.39, 0.29) is 5.91 Å². The monoisotopic (exact) mass is 357 g/mol. The number of aromatic nitrogens is 2. The van der Waals surface area contributed by atoms with Crippen molar-refractivity contribution in [1.29, 1.82) is 0 Å². The van der Waals surface area contributed by atoms with Gasteiger partial charge in [0.25, 0.3) is 5.91 Å². The lowest BCUT2D eigenvalue weighted by atomic mass is 10.2. The number of halogens is 1. The lowest BCUT2D eigenvalue weighted by molar-refractivity contribution is 0.0945. The van der Waals surface area contributed by atoms with Gasteiger partial charge in [0, 0.05) is 24.9 Å². The van der Waals surface area contributed by atoms with Crippen LogP contribution in [0.15, 0.2) is 47.5 Å². The highest BCUT2D eigenvalue weighted by Gasteiger charge is 2.32. The summed E-state index contributed by atoms with van der Waals surface area (Å²) in [4.78, 5) is 20.6. The van der Waals surface area contributed by atoms with Crippen molar-refractivity contribution >= 4 is 28.6 Å². The minimum atomic E-state index is -0.414. The highest BCUT2D eigenvalue weighted by molar-refractivity contribution is 6.20. The number of hydrogen-bond donors (Lipinski definition) is 1. The Bertz CT molecular complexity index is 907. The molecule has 4 rings (SSSR count). The third-order valence-corrected chi connectivity index (χ3v) is 4.55. The van der Waals surface area contributed by atoms with Gasteiger partial charge in [-0.25, -0.2) is 4.98 Å². The number of pyridine rings is 1. The summed E-state index contributed by atoms with van der Waals surface area (Å²) in [6.45, 7) is 0.358. The Labute approximate surface area is 149 Å². The topological polar surface area (TPSA) is 77.3 Å². The molecular weight excluding hydrogens is 342 g/mol. The Morgan fingerprint density at radius 3 is 3.12 bits per heavy atom. The summed E-state index contributed by atoms with van der Waals surface area (Å²) in [7, 11) is 0. The molecule has 0 saturated heterocycles. The predicted octanol–water partition coefficient (Wildman–Crippen LogP) is 3.51. The van der Waals surface area contributed by atoms with Gasteiger partial charge < -0.3 is 14.5 Å². The number of nitrogens with one attached hydrogen (secondary N) is 1. The zero-order chi connectivity index (χ0) is 17.2. The summed E-state index contributed by atoms with van der Waals surface area (Å²) in [5, 5.41) is 2.87. The van der Waals surface area contributed by atoms with Gasteiger partial charge in [-0.05, 0) is 36.6 Å². The summed E-state index contributed by atoms with van der Waals surface area (Å²) >= 11 is 6.22. The van der Waals surface area contributed by atoms with Crippen molar-refractivity contribution in [2.24, 2.45) is 5.92 Å². The first-order valence-electron chi connectivity index (χ1n) is 8.06. The molecule has 1 aromatic carbocycles. The van der Waals surface area contributed by atoms with Crippen molar-refractivity contribution in [2.75, 3.05) is 0 Å².